The highest BCUT2D eigenvalue weighted by molar-refractivity contribution is 7.99. The second kappa shape index (κ2) is 9.75. The molecule has 0 aromatic heterocycles. The van der Waals surface area contributed by atoms with E-state index in [1.54, 1.807) is 11.8 Å². The van der Waals surface area contributed by atoms with Gasteiger partial charge >= 0.3 is 6.16 Å². The number of carbonyl (C=O) groups excluding carboxylic acids is 1. The van der Waals surface area contributed by atoms with E-state index >= 15 is 0 Å². The Morgan fingerprint density at radius 3 is 2.61 bits per heavy atom. The summed E-state index contributed by atoms with van der Waals surface area (Å²) in [5.41, 5.74) is -0.479. The summed E-state index contributed by atoms with van der Waals surface area (Å²) in [5.74, 6) is 1.74. The molecule has 5 aliphatic rings. The Kier molecular flexibility index (Phi) is 7.43. The molecule has 5 rings (SSSR count). The molecule has 5 fully saturated rings. The van der Waals surface area contributed by atoms with Crippen LogP contribution in [-0.2, 0) is 28.7 Å². The van der Waals surface area contributed by atoms with E-state index in [9.17, 15) is 4.79 Å². The molecule has 0 radical (unpaired) electrons. The van der Waals surface area contributed by atoms with E-state index in [4.69, 9.17) is 28.7 Å². The third-order valence-electron chi connectivity index (χ3n) is 7.61. The molecule has 4 saturated heterocycles. The zero-order valence-electron chi connectivity index (χ0n) is 19.3. The van der Waals surface area contributed by atoms with Crippen LogP contribution in [0.4, 0.5) is 4.79 Å². The van der Waals surface area contributed by atoms with Gasteiger partial charge in [0.1, 0.15) is 5.44 Å². The zero-order chi connectivity index (χ0) is 22.1. The van der Waals surface area contributed by atoms with Crippen LogP contribution >= 0.6 is 11.8 Å². The molecule has 0 aromatic rings. The monoisotopic (exact) mass is 458 g/mol. The van der Waals surface area contributed by atoms with Crippen LogP contribution < -0.4 is 0 Å². The smallest absolute Gasteiger partial charge is 0.434 e. The van der Waals surface area contributed by atoms with E-state index in [1.807, 2.05) is 6.92 Å². The molecule has 0 unspecified atom stereocenters. The van der Waals surface area contributed by atoms with Crippen LogP contribution in [0.3, 0.4) is 0 Å². The van der Waals surface area contributed by atoms with Gasteiger partial charge in [-0.3, -0.25) is 0 Å². The van der Waals surface area contributed by atoms with Gasteiger partial charge in [-0.05, 0) is 62.5 Å². The Balaban J connectivity index is 1.32. The second-order valence-electron chi connectivity index (χ2n) is 9.80. The fourth-order valence-corrected chi connectivity index (χ4v) is 7.01. The lowest BCUT2D eigenvalue weighted by atomic mass is 9.58. The van der Waals surface area contributed by atoms with Crippen molar-refractivity contribution in [1.29, 1.82) is 0 Å². The fraction of sp³-hybridized carbons (Fsp3) is 0.957. The Hall–Kier alpha value is -0.540. The van der Waals surface area contributed by atoms with E-state index in [1.165, 1.54) is 6.42 Å². The third kappa shape index (κ3) is 4.60. The summed E-state index contributed by atoms with van der Waals surface area (Å²) >= 11 is 1.78. The minimum atomic E-state index is -0.737. The minimum Gasteiger partial charge on any atom is -0.434 e. The fourth-order valence-electron chi connectivity index (χ4n) is 5.82. The van der Waals surface area contributed by atoms with Crippen LogP contribution in [-0.4, -0.2) is 48.2 Å². The van der Waals surface area contributed by atoms with Crippen molar-refractivity contribution in [1.82, 2.24) is 0 Å². The number of carbonyl (C=O) groups is 1. The van der Waals surface area contributed by atoms with Gasteiger partial charge in [0.15, 0.2) is 11.9 Å². The molecule has 7 nitrogen and oxygen atoms in total. The van der Waals surface area contributed by atoms with Crippen molar-refractivity contribution < 1.29 is 33.5 Å². The van der Waals surface area contributed by atoms with Gasteiger partial charge in [-0.25, -0.2) is 14.6 Å². The number of fused-ring (bicyclic) bond motifs is 2. The SMILES string of the molecule is CCCCOC(=O)OCCCS[C@@H]1O[C@@H]2O[C@@]3(C)CC[C@H]4[C@H](C)CC[C@@H]([C@H]1C)[C@@]24OO3. The molecule has 4 heterocycles. The molecule has 0 amide bonds. The molecule has 4 aliphatic heterocycles. The molecular formula is C23H38O7S. The van der Waals surface area contributed by atoms with Gasteiger partial charge in [-0.2, -0.15) is 0 Å². The first-order valence-corrected chi connectivity index (χ1v) is 13.1. The number of ether oxygens (including phenoxy) is 4. The van der Waals surface area contributed by atoms with Crippen molar-refractivity contribution in [2.45, 2.75) is 95.8 Å². The average molecular weight is 459 g/mol. The first-order chi connectivity index (χ1) is 14.9. The van der Waals surface area contributed by atoms with Gasteiger partial charge in [0, 0.05) is 12.3 Å². The van der Waals surface area contributed by atoms with E-state index in [0.29, 0.717) is 36.9 Å². The molecule has 2 bridgehead atoms. The molecule has 1 saturated carbocycles. The molecule has 8 atom stereocenters. The summed E-state index contributed by atoms with van der Waals surface area (Å²) in [5, 5.41) is 0. The molecule has 1 aliphatic carbocycles. The van der Waals surface area contributed by atoms with Gasteiger partial charge < -0.3 is 18.9 Å². The van der Waals surface area contributed by atoms with Crippen molar-refractivity contribution >= 4 is 17.9 Å². The van der Waals surface area contributed by atoms with E-state index < -0.39 is 23.8 Å². The molecule has 8 heteroatoms. The van der Waals surface area contributed by atoms with Crippen LogP contribution in [0.25, 0.3) is 0 Å². The van der Waals surface area contributed by atoms with Crippen molar-refractivity contribution in [2.24, 2.45) is 23.7 Å². The summed E-state index contributed by atoms with van der Waals surface area (Å²) in [7, 11) is 0. The van der Waals surface area contributed by atoms with E-state index in [0.717, 1.165) is 44.3 Å². The van der Waals surface area contributed by atoms with Gasteiger partial charge in [0.2, 0.25) is 5.79 Å². The van der Waals surface area contributed by atoms with Crippen molar-refractivity contribution in [3.63, 3.8) is 0 Å². The largest absolute Gasteiger partial charge is 0.508 e. The lowest BCUT2D eigenvalue weighted by molar-refractivity contribution is -0.568. The first kappa shape index (κ1) is 23.6. The number of hydrogen-bond donors (Lipinski definition) is 0. The molecule has 31 heavy (non-hydrogen) atoms. The maximum Gasteiger partial charge on any atom is 0.508 e. The summed E-state index contributed by atoms with van der Waals surface area (Å²) in [4.78, 5) is 23.6. The first-order valence-electron chi connectivity index (χ1n) is 12.0. The third-order valence-corrected chi connectivity index (χ3v) is 9.00. The quantitative estimate of drug-likeness (QED) is 0.277. The lowest BCUT2D eigenvalue weighted by Crippen LogP contribution is -2.70. The Morgan fingerprint density at radius 1 is 1.06 bits per heavy atom. The van der Waals surface area contributed by atoms with Gasteiger partial charge in [-0.15, -0.1) is 11.8 Å². The summed E-state index contributed by atoms with van der Waals surface area (Å²) in [6, 6.07) is 0. The van der Waals surface area contributed by atoms with Crippen molar-refractivity contribution in [3.8, 4) is 0 Å². The Labute approximate surface area is 190 Å². The lowest BCUT2D eigenvalue weighted by Gasteiger charge is -2.60. The van der Waals surface area contributed by atoms with Crippen LogP contribution in [0, 0.1) is 23.7 Å². The number of unbranched alkanes of at least 4 members (excludes halogenated alkanes) is 1. The van der Waals surface area contributed by atoms with Crippen molar-refractivity contribution in [3.05, 3.63) is 0 Å². The predicted molar refractivity (Wildman–Crippen MR) is 116 cm³/mol. The number of hydrogen-bond acceptors (Lipinski definition) is 8. The molecule has 0 aromatic carbocycles. The molecule has 1 spiro atoms. The number of thioether (sulfide) groups is 1. The van der Waals surface area contributed by atoms with Crippen LogP contribution in [0.15, 0.2) is 0 Å². The Morgan fingerprint density at radius 2 is 1.84 bits per heavy atom. The van der Waals surface area contributed by atoms with E-state index in [2.05, 4.69) is 20.8 Å². The molecule has 0 N–H and O–H groups in total. The van der Waals surface area contributed by atoms with Gasteiger partial charge in [0.05, 0.1) is 13.2 Å². The maximum absolute atomic E-state index is 11.6. The van der Waals surface area contributed by atoms with Crippen molar-refractivity contribution in [2.75, 3.05) is 19.0 Å². The Bertz CT molecular complexity index is 633. The maximum atomic E-state index is 11.6. The second-order valence-corrected chi connectivity index (χ2v) is 11.0. The highest BCUT2D eigenvalue weighted by Gasteiger charge is 2.69. The van der Waals surface area contributed by atoms with E-state index in [-0.39, 0.29) is 5.44 Å². The minimum absolute atomic E-state index is 0.0257. The van der Waals surface area contributed by atoms with Gasteiger partial charge in [0.25, 0.3) is 0 Å². The zero-order valence-corrected chi connectivity index (χ0v) is 20.1. The normalized spacial score (nSPS) is 43.7. The topological polar surface area (TPSA) is 72.5 Å². The number of rotatable bonds is 8. The molecule has 178 valence electrons. The van der Waals surface area contributed by atoms with Crippen LogP contribution in [0.2, 0.25) is 0 Å². The van der Waals surface area contributed by atoms with Crippen LogP contribution in [0.5, 0.6) is 0 Å². The summed E-state index contributed by atoms with van der Waals surface area (Å²) in [6.07, 6.45) is 5.83. The predicted octanol–water partition coefficient (Wildman–Crippen LogP) is 5.27. The standard InChI is InChI=1S/C23H38O7S/c1-5-6-12-25-21(24)26-13-7-14-31-19-16(3)18-9-8-15(2)17-10-11-22(4)28-20(27-19)23(17,18)30-29-22/h15-20H,5-14H2,1-4H3/t15-,16-,17+,18+,19+,20-,22-,23-/m1/s1. The summed E-state index contributed by atoms with van der Waals surface area (Å²) < 4.78 is 23.1. The van der Waals surface area contributed by atoms with Gasteiger partial charge in [-0.1, -0.05) is 27.2 Å². The summed E-state index contributed by atoms with van der Waals surface area (Å²) in [6.45, 7) is 9.39. The molecular weight excluding hydrogens is 420 g/mol. The highest BCUT2D eigenvalue weighted by atomic mass is 32.2. The average Bonchev–Trinajstić information content (AvgIpc) is 2.97. The van der Waals surface area contributed by atoms with Crippen LogP contribution in [0.1, 0.15) is 72.6 Å². The highest BCUT2D eigenvalue weighted by Crippen LogP contribution is 2.61.